The van der Waals surface area contributed by atoms with Crippen LogP contribution < -0.4 is 0 Å². The summed E-state index contributed by atoms with van der Waals surface area (Å²) < 4.78 is 0. The van der Waals surface area contributed by atoms with Gasteiger partial charge in [-0.2, -0.15) is 0 Å². The van der Waals surface area contributed by atoms with Gasteiger partial charge in [0.25, 0.3) is 0 Å². The molecule has 2 heteroatoms. The van der Waals surface area contributed by atoms with Crippen LogP contribution in [0.5, 0.6) is 0 Å². The summed E-state index contributed by atoms with van der Waals surface area (Å²) >= 11 is 3.37. The molecule has 0 amide bonds. The summed E-state index contributed by atoms with van der Waals surface area (Å²) in [6, 6.07) is 8.35. The zero-order valence-corrected chi connectivity index (χ0v) is 10.2. The van der Waals surface area contributed by atoms with E-state index in [-0.39, 0.29) is 11.7 Å². The summed E-state index contributed by atoms with van der Waals surface area (Å²) in [5.41, 5.74) is 2.49. The molecule has 0 spiro atoms. The highest BCUT2D eigenvalue weighted by atomic mass is 79.9. The summed E-state index contributed by atoms with van der Waals surface area (Å²) in [4.78, 5) is 11.2. The largest absolute Gasteiger partial charge is 0.300 e. The number of hydrogen-bond acceptors (Lipinski definition) is 1. The first-order chi connectivity index (χ1) is 6.63. The van der Waals surface area contributed by atoms with Crippen molar-refractivity contribution in [1.82, 2.24) is 0 Å². The molecule has 1 nitrogen and oxygen atoms in total. The van der Waals surface area contributed by atoms with Gasteiger partial charge in [-0.05, 0) is 25.8 Å². The monoisotopic (exact) mass is 254 g/mol. The second-order valence-electron chi connectivity index (χ2n) is 3.65. The van der Waals surface area contributed by atoms with Crippen molar-refractivity contribution in [2.45, 2.75) is 20.3 Å². The number of carbonyl (C=O) groups excluding carboxylic acids is 1. The van der Waals surface area contributed by atoms with Gasteiger partial charge in [-0.25, -0.2) is 0 Å². The molecule has 0 fully saturated rings. The SMILES string of the molecule is CC(=O)C(CBr)Cc1ccc(C)cc1. The van der Waals surface area contributed by atoms with E-state index in [0.717, 1.165) is 11.8 Å². The Kier molecular flexibility index (Phi) is 4.33. The standard InChI is InChI=1S/C12H15BrO/c1-9-3-5-11(6-4-9)7-12(8-13)10(2)14/h3-6,12H,7-8H2,1-2H3. The Bertz CT molecular complexity index is 303. The maximum absolute atomic E-state index is 11.2. The number of hydrogen-bond donors (Lipinski definition) is 0. The van der Waals surface area contributed by atoms with Crippen LogP contribution in [0.3, 0.4) is 0 Å². The predicted octanol–water partition coefficient (Wildman–Crippen LogP) is 3.14. The smallest absolute Gasteiger partial charge is 0.134 e. The lowest BCUT2D eigenvalue weighted by atomic mass is 9.97. The highest BCUT2D eigenvalue weighted by molar-refractivity contribution is 9.09. The minimum atomic E-state index is 0.109. The molecule has 1 aromatic carbocycles. The van der Waals surface area contributed by atoms with E-state index < -0.39 is 0 Å². The van der Waals surface area contributed by atoms with E-state index in [2.05, 4.69) is 47.1 Å². The summed E-state index contributed by atoms with van der Waals surface area (Å²) in [7, 11) is 0. The van der Waals surface area contributed by atoms with Crippen molar-refractivity contribution in [3.05, 3.63) is 35.4 Å². The van der Waals surface area contributed by atoms with Crippen LogP contribution >= 0.6 is 15.9 Å². The average molecular weight is 255 g/mol. The van der Waals surface area contributed by atoms with E-state index in [9.17, 15) is 4.79 Å². The van der Waals surface area contributed by atoms with E-state index >= 15 is 0 Å². The molecule has 14 heavy (non-hydrogen) atoms. The van der Waals surface area contributed by atoms with Gasteiger partial charge in [-0.1, -0.05) is 45.8 Å². The molecule has 0 aliphatic heterocycles. The van der Waals surface area contributed by atoms with Crippen LogP contribution in [-0.2, 0) is 11.2 Å². The summed E-state index contributed by atoms with van der Waals surface area (Å²) in [6.45, 7) is 3.72. The van der Waals surface area contributed by atoms with Crippen molar-refractivity contribution in [1.29, 1.82) is 0 Å². The molecule has 76 valence electrons. The lowest BCUT2D eigenvalue weighted by Crippen LogP contribution is -2.15. The Hall–Kier alpha value is -0.630. The Morgan fingerprint density at radius 1 is 1.36 bits per heavy atom. The molecule has 0 aliphatic rings. The van der Waals surface area contributed by atoms with Gasteiger partial charge in [0.2, 0.25) is 0 Å². The number of ketones is 1. The Morgan fingerprint density at radius 2 is 1.93 bits per heavy atom. The first-order valence-corrected chi connectivity index (χ1v) is 5.87. The second kappa shape index (κ2) is 5.30. The quantitative estimate of drug-likeness (QED) is 0.755. The summed E-state index contributed by atoms with van der Waals surface area (Å²) in [5.74, 6) is 0.361. The number of rotatable bonds is 4. The zero-order valence-electron chi connectivity index (χ0n) is 8.59. The Labute approximate surface area is 93.7 Å². The van der Waals surface area contributed by atoms with E-state index in [4.69, 9.17) is 0 Å². The van der Waals surface area contributed by atoms with Crippen LogP contribution in [0, 0.1) is 12.8 Å². The number of alkyl halides is 1. The lowest BCUT2D eigenvalue weighted by molar-refractivity contribution is -0.120. The fraction of sp³-hybridized carbons (Fsp3) is 0.417. The third-order valence-electron chi connectivity index (χ3n) is 2.36. The number of carbonyl (C=O) groups is 1. The second-order valence-corrected chi connectivity index (χ2v) is 4.30. The maximum Gasteiger partial charge on any atom is 0.134 e. The van der Waals surface area contributed by atoms with Crippen molar-refractivity contribution in [2.75, 3.05) is 5.33 Å². The first-order valence-electron chi connectivity index (χ1n) is 4.75. The molecule has 1 atom stereocenters. The van der Waals surface area contributed by atoms with Crippen molar-refractivity contribution in [2.24, 2.45) is 5.92 Å². The number of benzene rings is 1. The normalized spacial score (nSPS) is 12.5. The van der Waals surface area contributed by atoms with Gasteiger partial charge < -0.3 is 0 Å². The van der Waals surface area contributed by atoms with E-state index in [1.54, 1.807) is 6.92 Å². The van der Waals surface area contributed by atoms with Gasteiger partial charge in [0.05, 0.1) is 0 Å². The fourth-order valence-electron chi connectivity index (χ4n) is 1.32. The fourth-order valence-corrected chi connectivity index (χ4v) is 2.00. The molecule has 0 N–H and O–H groups in total. The highest BCUT2D eigenvalue weighted by Gasteiger charge is 2.12. The maximum atomic E-state index is 11.2. The summed E-state index contributed by atoms with van der Waals surface area (Å²) in [5, 5.41) is 0.746. The van der Waals surface area contributed by atoms with Gasteiger partial charge in [0, 0.05) is 11.2 Å². The summed E-state index contributed by atoms with van der Waals surface area (Å²) in [6.07, 6.45) is 0.834. The number of halogens is 1. The van der Waals surface area contributed by atoms with Gasteiger partial charge in [0.1, 0.15) is 5.78 Å². The number of Topliss-reactive ketones (excluding diaryl/α,β-unsaturated/α-hetero) is 1. The van der Waals surface area contributed by atoms with Gasteiger partial charge in [-0.3, -0.25) is 4.79 Å². The molecule has 0 heterocycles. The van der Waals surface area contributed by atoms with Crippen molar-refractivity contribution < 1.29 is 4.79 Å². The van der Waals surface area contributed by atoms with Crippen molar-refractivity contribution >= 4 is 21.7 Å². The molecule has 1 unspecified atom stereocenters. The van der Waals surface area contributed by atoms with Gasteiger partial charge in [-0.15, -0.1) is 0 Å². The third-order valence-corrected chi connectivity index (χ3v) is 3.15. The van der Waals surface area contributed by atoms with Crippen LogP contribution in [-0.4, -0.2) is 11.1 Å². The minimum Gasteiger partial charge on any atom is -0.300 e. The van der Waals surface area contributed by atoms with Gasteiger partial charge >= 0.3 is 0 Å². The highest BCUT2D eigenvalue weighted by Crippen LogP contribution is 2.13. The van der Waals surface area contributed by atoms with Crippen molar-refractivity contribution in [3.8, 4) is 0 Å². The molecular formula is C12H15BrO. The minimum absolute atomic E-state index is 0.109. The van der Waals surface area contributed by atoms with Crippen LogP contribution in [0.1, 0.15) is 18.1 Å². The van der Waals surface area contributed by atoms with Crippen molar-refractivity contribution in [3.63, 3.8) is 0 Å². The predicted molar refractivity (Wildman–Crippen MR) is 62.8 cm³/mol. The molecule has 0 aromatic heterocycles. The molecule has 1 rings (SSSR count). The molecule has 0 saturated heterocycles. The van der Waals surface area contributed by atoms with Crippen LogP contribution in [0.4, 0.5) is 0 Å². The van der Waals surface area contributed by atoms with E-state index in [1.807, 2.05) is 0 Å². The number of aryl methyl sites for hydroxylation is 1. The molecule has 0 aliphatic carbocycles. The third kappa shape index (κ3) is 3.26. The topological polar surface area (TPSA) is 17.1 Å². The van der Waals surface area contributed by atoms with Crippen LogP contribution in [0.15, 0.2) is 24.3 Å². The van der Waals surface area contributed by atoms with Gasteiger partial charge in [0.15, 0.2) is 0 Å². The first kappa shape index (κ1) is 11.4. The lowest BCUT2D eigenvalue weighted by Gasteiger charge is -2.10. The van der Waals surface area contributed by atoms with E-state index in [0.29, 0.717) is 0 Å². The zero-order chi connectivity index (χ0) is 10.6. The molecular weight excluding hydrogens is 240 g/mol. The van der Waals surface area contributed by atoms with Crippen LogP contribution in [0.25, 0.3) is 0 Å². The van der Waals surface area contributed by atoms with Crippen LogP contribution in [0.2, 0.25) is 0 Å². The molecule has 0 saturated carbocycles. The van der Waals surface area contributed by atoms with E-state index in [1.165, 1.54) is 11.1 Å². The Morgan fingerprint density at radius 3 is 2.36 bits per heavy atom. The molecule has 0 bridgehead atoms. The average Bonchev–Trinajstić information content (AvgIpc) is 2.16. The molecule has 1 aromatic rings. The Balaban J connectivity index is 2.67. The molecule has 0 radical (unpaired) electrons.